The van der Waals surface area contributed by atoms with Crippen LogP contribution in [0, 0.1) is 0 Å². The van der Waals surface area contributed by atoms with E-state index in [1.54, 1.807) is 0 Å². The Morgan fingerprint density at radius 1 is 0.969 bits per heavy atom. The molecular formula is C22H29F6N3O. The van der Waals surface area contributed by atoms with Gasteiger partial charge in [-0.25, -0.2) is 0 Å². The summed E-state index contributed by atoms with van der Waals surface area (Å²) < 4.78 is 79.5. The van der Waals surface area contributed by atoms with Gasteiger partial charge in [0.2, 0.25) is 5.91 Å². The molecule has 2 fully saturated rings. The van der Waals surface area contributed by atoms with Crippen LogP contribution in [0.5, 0.6) is 0 Å². The van der Waals surface area contributed by atoms with E-state index in [0.29, 0.717) is 19.5 Å². The smallest absolute Gasteiger partial charge is 0.353 e. The molecule has 0 aliphatic carbocycles. The van der Waals surface area contributed by atoms with Crippen LogP contribution in [0.1, 0.15) is 55.2 Å². The van der Waals surface area contributed by atoms with Crippen molar-refractivity contribution >= 4 is 5.91 Å². The van der Waals surface area contributed by atoms with Gasteiger partial charge in [0.15, 0.2) is 0 Å². The number of carbonyl (C=O) groups is 1. The van der Waals surface area contributed by atoms with E-state index in [4.69, 9.17) is 0 Å². The highest BCUT2D eigenvalue weighted by Crippen LogP contribution is 2.36. The number of rotatable bonds is 6. The SMILES string of the molecule is O=C(NCC(Cc1cc(C(F)(F)F)cc(C(F)(F)F)c1)N1CCCCC1)[C@@H]1CCCCN1. The Morgan fingerprint density at radius 2 is 1.59 bits per heavy atom. The monoisotopic (exact) mass is 465 g/mol. The van der Waals surface area contributed by atoms with E-state index in [2.05, 4.69) is 15.5 Å². The highest BCUT2D eigenvalue weighted by molar-refractivity contribution is 5.81. The fourth-order valence-electron chi connectivity index (χ4n) is 4.44. The highest BCUT2D eigenvalue weighted by Gasteiger charge is 2.37. The maximum Gasteiger partial charge on any atom is 0.416 e. The van der Waals surface area contributed by atoms with Crippen molar-refractivity contribution in [1.82, 2.24) is 15.5 Å². The largest absolute Gasteiger partial charge is 0.416 e. The molecule has 2 heterocycles. The molecule has 0 bridgehead atoms. The summed E-state index contributed by atoms with van der Waals surface area (Å²) in [5.41, 5.74) is -2.65. The number of alkyl halides is 6. The number of hydrogen-bond acceptors (Lipinski definition) is 3. The van der Waals surface area contributed by atoms with Crippen molar-refractivity contribution in [1.29, 1.82) is 0 Å². The molecule has 1 unspecified atom stereocenters. The van der Waals surface area contributed by atoms with Gasteiger partial charge in [-0.1, -0.05) is 12.8 Å². The molecule has 1 aromatic rings. The minimum atomic E-state index is -4.88. The van der Waals surface area contributed by atoms with E-state index >= 15 is 0 Å². The van der Waals surface area contributed by atoms with E-state index in [9.17, 15) is 31.1 Å². The number of hydrogen-bond donors (Lipinski definition) is 2. The topological polar surface area (TPSA) is 44.4 Å². The Bertz CT molecular complexity index is 736. The molecule has 10 heteroatoms. The van der Waals surface area contributed by atoms with Gasteiger partial charge in [0.25, 0.3) is 0 Å². The molecule has 0 aromatic heterocycles. The average molecular weight is 465 g/mol. The van der Waals surface area contributed by atoms with Crippen molar-refractivity contribution in [3.63, 3.8) is 0 Å². The zero-order valence-corrected chi connectivity index (χ0v) is 17.8. The lowest BCUT2D eigenvalue weighted by atomic mass is 9.97. The molecule has 32 heavy (non-hydrogen) atoms. The lowest BCUT2D eigenvalue weighted by molar-refractivity contribution is -0.143. The Kier molecular flexibility index (Phi) is 8.08. The predicted octanol–water partition coefficient (Wildman–Crippen LogP) is 4.38. The van der Waals surface area contributed by atoms with Crippen LogP contribution in [-0.4, -0.2) is 49.1 Å². The summed E-state index contributed by atoms with van der Waals surface area (Å²) in [7, 11) is 0. The first kappa shape index (κ1) is 24.8. The second kappa shape index (κ2) is 10.4. The Morgan fingerprint density at radius 3 is 2.12 bits per heavy atom. The van der Waals surface area contributed by atoms with Crippen LogP contribution in [0.15, 0.2) is 18.2 Å². The second-order valence-electron chi connectivity index (χ2n) is 8.62. The van der Waals surface area contributed by atoms with Crippen molar-refractivity contribution in [2.24, 2.45) is 0 Å². The summed E-state index contributed by atoms with van der Waals surface area (Å²) in [4.78, 5) is 14.6. The fraction of sp³-hybridized carbons (Fsp3) is 0.682. The van der Waals surface area contributed by atoms with Gasteiger partial charge in [0, 0.05) is 12.6 Å². The summed E-state index contributed by atoms with van der Waals surface area (Å²) in [6, 6.07) is 1.03. The zero-order chi connectivity index (χ0) is 23.4. The first-order valence-corrected chi connectivity index (χ1v) is 11.1. The van der Waals surface area contributed by atoms with Crippen molar-refractivity contribution in [2.45, 2.75) is 69.4 Å². The van der Waals surface area contributed by atoms with E-state index in [1.165, 1.54) is 0 Å². The van der Waals surface area contributed by atoms with E-state index in [1.807, 2.05) is 0 Å². The van der Waals surface area contributed by atoms with Crippen molar-refractivity contribution in [2.75, 3.05) is 26.2 Å². The standard InChI is InChI=1S/C22H29F6N3O/c23-21(24,25)16-10-15(11-17(13-16)22(26,27)28)12-18(31-8-4-1-5-9-31)14-30-20(32)19-6-2-3-7-29-19/h10-11,13,18-19,29H,1-9,12,14H2,(H,30,32)/t18?,19-/m0/s1. The Labute approximate surface area is 183 Å². The number of piperidine rings is 2. The molecule has 2 aliphatic heterocycles. The summed E-state index contributed by atoms with van der Waals surface area (Å²) in [5.74, 6) is -0.174. The predicted molar refractivity (Wildman–Crippen MR) is 108 cm³/mol. The van der Waals surface area contributed by atoms with Gasteiger partial charge in [-0.3, -0.25) is 9.69 Å². The zero-order valence-electron chi connectivity index (χ0n) is 17.8. The van der Waals surface area contributed by atoms with Crippen molar-refractivity contribution in [3.05, 3.63) is 34.9 Å². The first-order valence-electron chi connectivity index (χ1n) is 11.1. The van der Waals surface area contributed by atoms with Crippen LogP contribution < -0.4 is 10.6 Å². The van der Waals surface area contributed by atoms with Crippen LogP contribution >= 0.6 is 0 Å². The van der Waals surface area contributed by atoms with Crippen LogP contribution in [0.4, 0.5) is 26.3 Å². The first-order chi connectivity index (χ1) is 15.0. The average Bonchev–Trinajstić information content (AvgIpc) is 2.76. The lowest BCUT2D eigenvalue weighted by Crippen LogP contribution is -2.52. The molecule has 2 saturated heterocycles. The highest BCUT2D eigenvalue weighted by atomic mass is 19.4. The van der Waals surface area contributed by atoms with Gasteiger partial charge in [-0.05, 0) is 75.5 Å². The molecule has 0 spiro atoms. The molecule has 3 rings (SSSR count). The van der Waals surface area contributed by atoms with E-state index in [-0.39, 0.29) is 42.6 Å². The quantitative estimate of drug-likeness (QED) is 0.613. The number of carbonyl (C=O) groups excluding carboxylic acids is 1. The Balaban J connectivity index is 1.79. The lowest BCUT2D eigenvalue weighted by Gasteiger charge is -2.35. The summed E-state index contributed by atoms with van der Waals surface area (Å²) in [6.07, 6.45) is -4.27. The molecule has 2 aliphatic rings. The molecular weight excluding hydrogens is 436 g/mol. The molecule has 1 amide bonds. The second-order valence-corrected chi connectivity index (χ2v) is 8.62. The number of halogens is 6. The van der Waals surface area contributed by atoms with Crippen LogP contribution in [0.2, 0.25) is 0 Å². The maximum atomic E-state index is 13.2. The summed E-state index contributed by atoms with van der Waals surface area (Å²) in [5, 5.41) is 6.02. The fourth-order valence-corrected chi connectivity index (χ4v) is 4.44. The number of benzene rings is 1. The normalized spacial score (nSPS) is 21.9. The van der Waals surface area contributed by atoms with Gasteiger partial charge in [0.05, 0.1) is 17.2 Å². The number of nitrogens with zero attached hydrogens (tertiary/aromatic N) is 1. The van der Waals surface area contributed by atoms with Gasteiger partial charge >= 0.3 is 12.4 Å². The molecule has 4 nitrogen and oxygen atoms in total. The van der Waals surface area contributed by atoms with Crippen molar-refractivity contribution in [3.8, 4) is 0 Å². The molecule has 2 atom stereocenters. The van der Waals surface area contributed by atoms with Gasteiger partial charge in [-0.2, -0.15) is 26.3 Å². The molecule has 0 radical (unpaired) electrons. The third kappa shape index (κ3) is 6.84. The number of amides is 1. The van der Waals surface area contributed by atoms with Gasteiger partial charge in [0.1, 0.15) is 0 Å². The Hall–Kier alpha value is -1.81. The number of likely N-dealkylation sites (tertiary alicyclic amines) is 1. The van der Waals surface area contributed by atoms with Crippen LogP contribution in [0.3, 0.4) is 0 Å². The minimum absolute atomic E-state index is 0.00856. The molecule has 180 valence electrons. The number of nitrogens with one attached hydrogen (secondary N) is 2. The minimum Gasteiger partial charge on any atom is -0.353 e. The third-order valence-corrected chi connectivity index (χ3v) is 6.16. The van der Waals surface area contributed by atoms with Crippen LogP contribution in [-0.2, 0) is 23.6 Å². The van der Waals surface area contributed by atoms with Crippen molar-refractivity contribution < 1.29 is 31.1 Å². The summed E-state index contributed by atoms with van der Waals surface area (Å²) in [6.45, 7) is 2.33. The maximum absolute atomic E-state index is 13.2. The third-order valence-electron chi connectivity index (χ3n) is 6.16. The molecule has 1 aromatic carbocycles. The van der Waals surface area contributed by atoms with Gasteiger partial charge in [-0.15, -0.1) is 0 Å². The van der Waals surface area contributed by atoms with Gasteiger partial charge < -0.3 is 10.6 Å². The van der Waals surface area contributed by atoms with E-state index < -0.39 is 23.5 Å². The molecule has 2 N–H and O–H groups in total. The van der Waals surface area contributed by atoms with E-state index in [0.717, 1.165) is 50.8 Å². The van der Waals surface area contributed by atoms with Crippen LogP contribution in [0.25, 0.3) is 0 Å². The molecule has 0 saturated carbocycles. The summed E-state index contributed by atoms with van der Waals surface area (Å²) >= 11 is 0.